The highest BCUT2D eigenvalue weighted by Crippen LogP contribution is 2.36. The minimum Gasteiger partial charge on any atom is -0.508 e. The number of hydrogen-bond donors (Lipinski definition) is 2. The van der Waals surface area contributed by atoms with Crippen LogP contribution < -0.4 is 14.4 Å². The lowest BCUT2D eigenvalue weighted by Crippen LogP contribution is -2.32. The Bertz CT molecular complexity index is 931. The topological polar surface area (TPSA) is 62.2 Å². The lowest BCUT2D eigenvalue weighted by Gasteiger charge is -2.30. The number of hydrogen-bond acceptors (Lipinski definition) is 5. The van der Waals surface area contributed by atoms with Crippen LogP contribution in [0.3, 0.4) is 0 Å². The second kappa shape index (κ2) is 8.63. The molecule has 0 amide bonds. The quantitative estimate of drug-likeness (QED) is 0.580. The molecule has 0 heterocycles. The van der Waals surface area contributed by atoms with Crippen LogP contribution in [0.5, 0.6) is 23.0 Å². The Morgan fingerprint density at radius 3 is 2.43 bits per heavy atom. The van der Waals surface area contributed by atoms with Crippen LogP contribution in [0.15, 0.2) is 66.7 Å². The van der Waals surface area contributed by atoms with E-state index >= 15 is 0 Å². The fraction of sp³-hybridized carbons (Fsp3) is 0.182. The molecule has 1 unspecified atom stereocenters. The molecule has 3 rings (SSSR count). The second-order valence-corrected chi connectivity index (χ2v) is 6.28. The molecule has 6 heteroatoms. The number of nitrogens with zero attached hydrogens (tertiary/aromatic N) is 1. The molecule has 3 aromatic carbocycles. The highest BCUT2D eigenvalue weighted by Gasteiger charge is 2.20. The summed E-state index contributed by atoms with van der Waals surface area (Å²) in [6, 6.07) is 18.0. The summed E-state index contributed by atoms with van der Waals surface area (Å²) in [6.45, 7) is 1.68. The van der Waals surface area contributed by atoms with E-state index in [-0.39, 0.29) is 12.3 Å². The molecular formula is C22H22FNO4. The van der Waals surface area contributed by atoms with E-state index in [0.29, 0.717) is 28.5 Å². The van der Waals surface area contributed by atoms with E-state index < -0.39 is 12.0 Å². The van der Waals surface area contributed by atoms with Gasteiger partial charge >= 0.3 is 0 Å². The highest BCUT2D eigenvalue weighted by atomic mass is 19.1. The third-order valence-electron chi connectivity index (χ3n) is 4.28. The van der Waals surface area contributed by atoms with Crippen LogP contribution in [-0.4, -0.2) is 23.6 Å². The number of ether oxygens (including phenoxy) is 2. The van der Waals surface area contributed by atoms with Crippen molar-refractivity contribution in [3.8, 4) is 23.0 Å². The summed E-state index contributed by atoms with van der Waals surface area (Å²) >= 11 is 0. The van der Waals surface area contributed by atoms with Crippen molar-refractivity contribution in [2.24, 2.45) is 0 Å². The molecule has 0 radical (unpaired) electrons. The molecule has 2 N–H and O–H groups in total. The minimum atomic E-state index is -0.967. The molecule has 0 aliphatic rings. The Morgan fingerprint density at radius 1 is 1.00 bits per heavy atom. The lowest BCUT2D eigenvalue weighted by molar-refractivity contribution is 0.185. The standard InChI is InChI=1S/C22H22FNO4/c1-15(25)24(14-16-12-19(27-2)9-10-21(16)26)20-13-17(23)8-11-22(20)28-18-6-4-3-5-7-18/h3-13,15,25-26H,14H2,1-2H3. The van der Waals surface area contributed by atoms with E-state index in [2.05, 4.69) is 0 Å². The van der Waals surface area contributed by atoms with Gasteiger partial charge in [-0.25, -0.2) is 4.39 Å². The predicted molar refractivity (Wildman–Crippen MR) is 105 cm³/mol. The van der Waals surface area contributed by atoms with Crippen molar-refractivity contribution in [1.82, 2.24) is 0 Å². The molecule has 28 heavy (non-hydrogen) atoms. The summed E-state index contributed by atoms with van der Waals surface area (Å²) in [4.78, 5) is 1.54. The Labute approximate surface area is 163 Å². The van der Waals surface area contributed by atoms with E-state index in [0.717, 1.165) is 0 Å². The first-order valence-electron chi connectivity index (χ1n) is 8.81. The van der Waals surface area contributed by atoms with Crippen LogP contribution >= 0.6 is 0 Å². The van der Waals surface area contributed by atoms with Crippen molar-refractivity contribution >= 4 is 5.69 Å². The summed E-state index contributed by atoms with van der Waals surface area (Å²) < 4.78 is 25.1. The van der Waals surface area contributed by atoms with Crippen LogP contribution in [0, 0.1) is 5.82 Å². The van der Waals surface area contributed by atoms with Crippen molar-refractivity contribution in [3.63, 3.8) is 0 Å². The van der Waals surface area contributed by atoms with Crippen molar-refractivity contribution in [2.75, 3.05) is 12.0 Å². The number of rotatable bonds is 7. The summed E-state index contributed by atoms with van der Waals surface area (Å²) in [7, 11) is 1.53. The molecule has 0 spiro atoms. The van der Waals surface area contributed by atoms with Gasteiger partial charge in [0.15, 0.2) is 5.75 Å². The largest absolute Gasteiger partial charge is 0.508 e. The second-order valence-electron chi connectivity index (χ2n) is 6.28. The van der Waals surface area contributed by atoms with Crippen LogP contribution in [-0.2, 0) is 6.54 Å². The molecule has 0 aromatic heterocycles. The summed E-state index contributed by atoms with van der Waals surface area (Å²) in [5.74, 6) is 1.13. The molecule has 3 aromatic rings. The maximum Gasteiger partial charge on any atom is 0.151 e. The van der Waals surface area contributed by atoms with Gasteiger partial charge in [0.05, 0.1) is 12.8 Å². The van der Waals surface area contributed by atoms with Crippen molar-refractivity contribution < 1.29 is 24.1 Å². The van der Waals surface area contributed by atoms with Crippen molar-refractivity contribution in [2.45, 2.75) is 19.7 Å². The van der Waals surface area contributed by atoms with Gasteiger partial charge in [0.2, 0.25) is 0 Å². The molecule has 146 valence electrons. The van der Waals surface area contributed by atoms with Gasteiger partial charge in [-0.1, -0.05) is 18.2 Å². The third-order valence-corrected chi connectivity index (χ3v) is 4.28. The number of methoxy groups -OCH3 is 1. The lowest BCUT2D eigenvalue weighted by atomic mass is 10.1. The molecule has 0 aliphatic heterocycles. The molecular weight excluding hydrogens is 361 g/mol. The normalized spacial score (nSPS) is 11.7. The molecule has 0 aliphatic carbocycles. The smallest absolute Gasteiger partial charge is 0.151 e. The molecule has 0 saturated carbocycles. The van der Waals surface area contributed by atoms with Gasteiger partial charge in [0.25, 0.3) is 0 Å². The van der Waals surface area contributed by atoms with Gasteiger partial charge in [0.1, 0.15) is 29.3 Å². The van der Waals surface area contributed by atoms with E-state index in [1.807, 2.05) is 18.2 Å². The number of phenolic OH excluding ortho intramolecular Hbond substituents is 1. The van der Waals surface area contributed by atoms with Crippen LogP contribution in [0.2, 0.25) is 0 Å². The Hall–Kier alpha value is -3.25. The van der Waals surface area contributed by atoms with Gasteiger partial charge < -0.3 is 24.6 Å². The first-order valence-corrected chi connectivity index (χ1v) is 8.81. The highest BCUT2D eigenvalue weighted by molar-refractivity contribution is 5.61. The third kappa shape index (κ3) is 4.53. The van der Waals surface area contributed by atoms with Crippen molar-refractivity contribution in [1.29, 1.82) is 0 Å². The number of aromatic hydroxyl groups is 1. The SMILES string of the molecule is COc1ccc(O)c(CN(c2cc(F)ccc2Oc2ccccc2)C(C)O)c1. The number of aliphatic hydroxyl groups is 1. The zero-order valence-electron chi connectivity index (χ0n) is 15.7. The van der Waals surface area contributed by atoms with Crippen LogP contribution in [0.25, 0.3) is 0 Å². The first kappa shape index (κ1) is 19.5. The fourth-order valence-electron chi connectivity index (χ4n) is 2.83. The molecule has 0 saturated heterocycles. The zero-order valence-corrected chi connectivity index (χ0v) is 15.7. The molecule has 0 fully saturated rings. The van der Waals surface area contributed by atoms with E-state index in [4.69, 9.17) is 9.47 Å². The fourth-order valence-corrected chi connectivity index (χ4v) is 2.83. The molecule has 5 nitrogen and oxygen atoms in total. The average molecular weight is 383 g/mol. The van der Waals surface area contributed by atoms with Crippen molar-refractivity contribution in [3.05, 3.63) is 78.1 Å². The Morgan fingerprint density at radius 2 is 1.75 bits per heavy atom. The Balaban J connectivity index is 1.99. The van der Waals surface area contributed by atoms with Gasteiger partial charge in [0, 0.05) is 18.2 Å². The summed E-state index contributed by atoms with van der Waals surface area (Å²) in [6.07, 6.45) is -0.967. The number of benzene rings is 3. The molecule has 1 atom stereocenters. The minimum absolute atomic E-state index is 0.0494. The summed E-state index contributed by atoms with van der Waals surface area (Å²) in [5, 5.41) is 20.6. The number of para-hydroxylation sites is 1. The number of halogens is 1. The zero-order chi connectivity index (χ0) is 20.1. The number of anilines is 1. The summed E-state index contributed by atoms with van der Waals surface area (Å²) in [5.41, 5.74) is 0.885. The maximum atomic E-state index is 14.0. The van der Waals surface area contributed by atoms with Gasteiger partial charge in [-0.2, -0.15) is 0 Å². The van der Waals surface area contributed by atoms with Gasteiger partial charge in [-0.3, -0.25) is 0 Å². The molecule has 0 bridgehead atoms. The van der Waals surface area contributed by atoms with Crippen LogP contribution in [0.4, 0.5) is 10.1 Å². The van der Waals surface area contributed by atoms with E-state index in [1.165, 1.54) is 36.3 Å². The predicted octanol–water partition coefficient (Wildman–Crippen LogP) is 4.68. The monoisotopic (exact) mass is 383 g/mol. The Kier molecular flexibility index (Phi) is 6.01. The van der Waals surface area contributed by atoms with E-state index in [9.17, 15) is 14.6 Å². The van der Waals surface area contributed by atoms with Crippen LogP contribution in [0.1, 0.15) is 12.5 Å². The maximum absolute atomic E-state index is 14.0. The average Bonchev–Trinajstić information content (AvgIpc) is 2.69. The van der Waals surface area contributed by atoms with E-state index in [1.54, 1.807) is 31.2 Å². The number of phenols is 1. The van der Waals surface area contributed by atoms with Gasteiger partial charge in [-0.05, 0) is 49.4 Å². The first-order chi connectivity index (χ1) is 13.5. The van der Waals surface area contributed by atoms with Gasteiger partial charge in [-0.15, -0.1) is 0 Å². The number of aliphatic hydroxyl groups excluding tert-OH is 1.